The Balaban J connectivity index is 3.30. The van der Waals surface area contributed by atoms with E-state index in [4.69, 9.17) is 9.47 Å². The van der Waals surface area contributed by atoms with Crippen molar-refractivity contribution >= 4 is 0 Å². The lowest BCUT2D eigenvalue weighted by Gasteiger charge is -2.27. The largest absolute Gasteiger partial charge is 0.497 e. The number of hydrogen-bond acceptors (Lipinski definition) is 3. The molecule has 0 heterocycles. The highest BCUT2D eigenvalue weighted by Crippen LogP contribution is 2.47. The van der Waals surface area contributed by atoms with Crippen molar-refractivity contribution in [2.45, 2.75) is 18.5 Å². The Kier molecular flexibility index (Phi) is 4.98. The zero-order valence-corrected chi connectivity index (χ0v) is 10.9. The zero-order chi connectivity index (χ0) is 16.4. The molecule has 1 aromatic carbocycles. The van der Waals surface area contributed by atoms with Crippen LogP contribution in [0.25, 0.3) is 0 Å². The van der Waals surface area contributed by atoms with Crippen LogP contribution < -0.4 is 9.47 Å². The van der Waals surface area contributed by atoms with E-state index >= 15 is 0 Å². The van der Waals surface area contributed by atoms with Crippen LogP contribution in [0.1, 0.15) is 11.7 Å². The van der Waals surface area contributed by atoms with Gasteiger partial charge in [0, 0.05) is 6.07 Å². The molecule has 0 aliphatic rings. The van der Waals surface area contributed by atoms with Crippen molar-refractivity contribution < 1.29 is 40.9 Å². The second kappa shape index (κ2) is 6.00. The summed E-state index contributed by atoms with van der Waals surface area (Å²) in [6.07, 6.45) is -14.1. The van der Waals surface area contributed by atoms with Gasteiger partial charge in [0.25, 0.3) is 0 Å². The van der Waals surface area contributed by atoms with Crippen LogP contribution >= 0.6 is 0 Å². The van der Waals surface area contributed by atoms with Gasteiger partial charge >= 0.3 is 12.4 Å². The Morgan fingerprint density at radius 1 is 0.857 bits per heavy atom. The van der Waals surface area contributed by atoms with Crippen molar-refractivity contribution in [3.05, 3.63) is 23.8 Å². The summed E-state index contributed by atoms with van der Waals surface area (Å²) in [5, 5.41) is 9.54. The molecule has 0 spiro atoms. The normalized spacial score (nSPS) is 14.2. The van der Waals surface area contributed by atoms with Crippen molar-refractivity contribution in [1.82, 2.24) is 0 Å². The molecule has 1 N–H and O–H groups in total. The van der Waals surface area contributed by atoms with Crippen molar-refractivity contribution in [3.8, 4) is 11.5 Å². The SMILES string of the molecule is COc1cc(OC)cc(C(O)C(C(F)(F)F)C(F)(F)F)c1. The first-order chi connectivity index (χ1) is 9.50. The van der Waals surface area contributed by atoms with Gasteiger partial charge < -0.3 is 14.6 Å². The molecular weight excluding hydrogens is 306 g/mol. The molecule has 1 rings (SSSR count). The van der Waals surface area contributed by atoms with Crippen LogP contribution in [0.5, 0.6) is 11.5 Å². The highest BCUT2D eigenvalue weighted by atomic mass is 19.4. The monoisotopic (exact) mass is 318 g/mol. The van der Waals surface area contributed by atoms with E-state index in [0.29, 0.717) is 0 Å². The number of aliphatic hydroxyl groups is 1. The molecule has 0 saturated carbocycles. The van der Waals surface area contributed by atoms with Crippen molar-refractivity contribution in [2.24, 2.45) is 5.92 Å². The molecule has 9 heteroatoms. The van der Waals surface area contributed by atoms with E-state index < -0.39 is 29.9 Å². The lowest BCUT2D eigenvalue weighted by Crippen LogP contribution is -2.40. The van der Waals surface area contributed by atoms with Gasteiger partial charge in [0.05, 0.1) is 20.3 Å². The van der Waals surface area contributed by atoms with Crippen LogP contribution in [0.4, 0.5) is 26.3 Å². The molecule has 3 nitrogen and oxygen atoms in total. The second-order valence-electron chi connectivity index (χ2n) is 4.15. The van der Waals surface area contributed by atoms with E-state index in [1.165, 1.54) is 20.3 Å². The van der Waals surface area contributed by atoms with E-state index in [1.807, 2.05) is 0 Å². The molecule has 1 aromatic rings. The first kappa shape index (κ1) is 17.4. The van der Waals surface area contributed by atoms with E-state index in [-0.39, 0.29) is 11.5 Å². The summed E-state index contributed by atoms with van der Waals surface area (Å²) in [6.45, 7) is 0. The topological polar surface area (TPSA) is 38.7 Å². The van der Waals surface area contributed by atoms with Gasteiger partial charge in [0.15, 0.2) is 5.92 Å². The maximum Gasteiger partial charge on any atom is 0.403 e. The molecule has 0 aliphatic carbocycles. The Labute approximate surface area is 116 Å². The number of ether oxygens (including phenoxy) is 2. The number of alkyl halides is 6. The predicted octanol–water partition coefficient (Wildman–Crippen LogP) is 3.48. The Morgan fingerprint density at radius 3 is 1.52 bits per heavy atom. The van der Waals surface area contributed by atoms with Crippen LogP contribution in [0, 0.1) is 5.92 Å². The molecule has 0 aliphatic heterocycles. The summed E-state index contributed by atoms with van der Waals surface area (Å²) in [7, 11) is 2.35. The van der Waals surface area contributed by atoms with E-state index in [1.54, 1.807) is 0 Å². The van der Waals surface area contributed by atoms with E-state index in [9.17, 15) is 31.4 Å². The molecule has 21 heavy (non-hydrogen) atoms. The molecule has 1 atom stereocenters. The van der Waals surface area contributed by atoms with Crippen LogP contribution in [0.2, 0.25) is 0 Å². The summed E-state index contributed by atoms with van der Waals surface area (Å²) < 4.78 is 84.9. The van der Waals surface area contributed by atoms with Gasteiger partial charge in [-0.25, -0.2) is 0 Å². The first-order valence-corrected chi connectivity index (χ1v) is 5.55. The highest BCUT2D eigenvalue weighted by Gasteiger charge is 2.60. The summed E-state index contributed by atoms with van der Waals surface area (Å²) in [5.41, 5.74) is -0.606. The molecule has 120 valence electrons. The summed E-state index contributed by atoms with van der Waals surface area (Å²) in [4.78, 5) is 0. The third-order valence-corrected chi connectivity index (χ3v) is 2.74. The maximum absolute atomic E-state index is 12.6. The average Bonchev–Trinajstić information content (AvgIpc) is 2.34. The van der Waals surface area contributed by atoms with Crippen molar-refractivity contribution in [2.75, 3.05) is 14.2 Å². The number of methoxy groups -OCH3 is 2. The number of rotatable bonds is 4. The fourth-order valence-electron chi connectivity index (χ4n) is 1.74. The highest BCUT2D eigenvalue weighted by molar-refractivity contribution is 5.39. The Hall–Kier alpha value is -1.64. The van der Waals surface area contributed by atoms with Crippen molar-refractivity contribution in [3.63, 3.8) is 0 Å². The van der Waals surface area contributed by atoms with Crippen LogP contribution in [0.3, 0.4) is 0 Å². The van der Waals surface area contributed by atoms with Gasteiger partial charge in [0.2, 0.25) is 0 Å². The molecule has 0 radical (unpaired) electrons. The summed E-state index contributed by atoms with van der Waals surface area (Å²) >= 11 is 0. The quantitative estimate of drug-likeness (QED) is 0.864. The molecule has 0 fully saturated rings. The maximum atomic E-state index is 12.6. The van der Waals surface area contributed by atoms with Gasteiger partial charge in [-0.1, -0.05) is 0 Å². The van der Waals surface area contributed by atoms with Gasteiger partial charge in [-0.05, 0) is 17.7 Å². The number of benzene rings is 1. The molecule has 0 amide bonds. The lowest BCUT2D eigenvalue weighted by molar-refractivity contribution is -0.307. The van der Waals surface area contributed by atoms with Crippen LogP contribution in [-0.2, 0) is 0 Å². The number of hydrogen-bond donors (Lipinski definition) is 1. The Bertz CT molecular complexity index is 447. The molecular formula is C12H12F6O3. The molecule has 0 bridgehead atoms. The smallest absolute Gasteiger partial charge is 0.403 e. The van der Waals surface area contributed by atoms with Gasteiger partial charge in [-0.2, -0.15) is 26.3 Å². The van der Waals surface area contributed by atoms with Gasteiger partial charge in [-0.3, -0.25) is 0 Å². The molecule has 0 saturated heterocycles. The Morgan fingerprint density at radius 2 is 1.24 bits per heavy atom. The third-order valence-electron chi connectivity index (χ3n) is 2.74. The fraction of sp³-hybridized carbons (Fsp3) is 0.500. The second-order valence-corrected chi connectivity index (χ2v) is 4.15. The van der Waals surface area contributed by atoms with Gasteiger partial charge in [-0.15, -0.1) is 0 Å². The third kappa shape index (κ3) is 4.16. The van der Waals surface area contributed by atoms with Crippen molar-refractivity contribution in [1.29, 1.82) is 0 Å². The zero-order valence-electron chi connectivity index (χ0n) is 10.9. The van der Waals surface area contributed by atoms with Crippen LogP contribution in [0.15, 0.2) is 18.2 Å². The summed E-state index contributed by atoms with van der Waals surface area (Å²) in [5.74, 6) is -3.97. The summed E-state index contributed by atoms with van der Waals surface area (Å²) in [6, 6.07) is 3.03. The first-order valence-electron chi connectivity index (χ1n) is 5.55. The fourth-order valence-corrected chi connectivity index (χ4v) is 1.74. The predicted molar refractivity (Wildman–Crippen MR) is 60.1 cm³/mol. The average molecular weight is 318 g/mol. The molecule has 0 aromatic heterocycles. The number of halogens is 6. The minimum atomic E-state index is -5.64. The van der Waals surface area contributed by atoms with E-state index in [2.05, 4.69) is 0 Å². The van der Waals surface area contributed by atoms with Crippen LogP contribution in [-0.4, -0.2) is 31.7 Å². The minimum Gasteiger partial charge on any atom is -0.497 e. The molecule has 1 unspecified atom stereocenters. The lowest BCUT2D eigenvalue weighted by atomic mass is 9.94. The van der Waals surface area contributed by atoms with E-state index in [0.717, 1.165) is 12.1 Å². The van der Waals surface area contributed by atoms with Gasteiger partial charge in [0.1, 0.15) is 11.5 Å². The minimum absolute atomic E-state index is 0.0356. The number of aliphatic hydroxyl groups excluding tert-OH is 1. The standard InChI is InChI=1S/C12H12F6O3/c1-20-7-3-6(4-8(5-7)21-2)9(19)10(11(13,14)15)12(16,17)18/h3-5,9-10,19H,1-2H3.